The van der Waals surface area contributed by atoms with E-state index in [0.717, 1.165) is 42.2 Å². The van der Waals surface area contributed by atoms with Crippen LogP contribution in [0.5, 0.6) is 0 Å². The number of amides is 1. The SMILES string of the molecule is Cc1ccc(NC(C)C(=O)N2CCCC2)cc1Cl. The summed E-state index contributed by atoms with van der Waals surface area (Å²) < 4.78 is 0. The van der Waals surface area contributed by atoms with Gasteiger partial charge in [0, 0.05) is 23.8 Å². The lowest BCUT2D eigenvalue weighted by atomic mass is 10.2. The Balaban J connectivity index is 1.99. The standard InChI is InChI=1S/C14H19ClN2O/c1-10-5-6-12(9-13(10)15)16-11(2)14(18)17-7-3-4-8-17/h5-6,9,11,16H,3-4,7-8H2,1-2H3. The van der Waals surface area contributed by atoms with E-state index >= 15 is 0 Å². The van der Waals surface area contributed by atoms with E-state index in [1.807, 2.05) is 36.9 Å². The molecule has 0 aliphatic carbocycles. The fourth-order valence-corrected chi connectivity index (χ4v) is 2.39. The second-order valence-corrected chi connectivity index (χ2v) is 5.27. The molecule has 1 N–H and O–H groups in total. The minimum absolute atomic E-state index is 0.171. The third-order valence-electron chi connectivity index (χ3n) is 3.34. The highest BCUT2D eigenvalue weighted by atomic mass is 35.5. The number of nitrogens with one attached hydrogen (secondary N) is 1. The Kier molecular flexibility index (Phi) is 4.12. The van der Waals surface area contributed by atoms with Crippen LogP contribution < -0.4 is 5.32 Å². The van der Waals surface area contributed by atoms with E-state index < -0.39 is 0 Å². The Morgan fingerprint density at radius 3 is 2.67 bits per heavy atom. The van der Waals surface area contributed by atoms with Crippen molar-refractivity contribution in [3.63, 3.8) is 0 Å². The Morgan fingerprint density at radius 1 is 1.39 bits per heavy atom. The average Bonchev–Trinajstić information content (AvgIpc) is 2.86. The molecule has 1 fully saturated rings. The van der Waals surface area contributed by atoms with E-state index in [9.17, 15) is 4.79 Å². The van der Waals surface area contributed by atoms with Crippen LogP contribution in [0.2, 0.25) is 5.02 Å². The summed E-state index contributed by atoms with van der Waals surface area (Å²) in [6.45, 7) is 5.64. The molecule has 1 heterocycles. The zero-order valence-corrected chi connectivity index (χ0v) is 11.6. The molecule has 1 aliphatic heterocycles. The monoisotopic (exact) mass is 266 g/mol. The Morgan fingerprint density at radius 2 is 2.06 bits per heavy atom. The van der Waals surface area contributed by atoms with Crippen LogP contribution in [0.3, 0.4) is 0 Å². The number of aryl methyl sites for hydroxylation is 1. The van der Waals surface area contributed by atoms with E-state index in [1.165, 1.54) is 0 Å². The van der Waals surface area contributed by atoms with Crippen LogP contribution in [0, 0.1) is 6.92 Å². The normalized spacial score (nSPS) is 16.7. The summed E-state index contributed by atoms with van der Waals surface area (Å²) in [4.78, 5) is 14.1. The third-order valence-corrected chi connectivity index (χ3v) is 3.75. The maximum atomic E-state index is 12.1. The van der Waals surface area contributed by atoms with Gasteiger partial charge < -0.3 is 10.2 Å². The number of carbonyl (C=O) groups excluding carboxylic acids is 1. The summed E-state index contributed by atoms with van der Waals surface area (Å²) in [6.07, 6.45) is 2.24. The molecule has 1 aromatic carbocycles. The van der Waals surface area contributed by atoms with Gasteiger partial charge in [-0.1, -0.05) is 17.7 Å². The summed E-state index contributed by atoms with van der Waals surface area (Å²) in [5, 5.41) is 3.93. The lowest BCUT2D eigenvalue weighted by molar-refractivity contribution is -0.130. The molecule has 2 rings (SSSR count). The van der Waals surface area contributed by atoms with Crippen LogP contribution in [0.25, 0.3) is 0 Å². The largest absolute Gasteiger partial charge is 0.374 e. The van der Waals surface area contributed by atoms with Gasteiger partial charge in [0.15, 0.2) is 0 Å². The van der Waals surface area contributed by atoms with Gasteiger partial charge in [-0.05, 0) is 44.4 Å². The van der Waals surface area contributed by atoms with Crippen molar-refractivity contribution < 1.29 is 4.79 Å². The molecule has 1 aliphatic rings. The van der Waals surface area contributed by atoms with Crippen LogP contribution >= 0.6 is 11.6 Å². The van der Waals surface area contributed by atoms with Crippen molar-refractivity contribution >= 4 is 23.2 Å². The molecule has 0 saturated carbocycles. The van der Waals surface area contributed by atoms with Gasteiger partial charge in [0.25, 0.3) is 0 Å². The van der Waals surface area contributed by atoms with Crippen molar-refractivity contribution in [1.82, 2.24) is 4.90 Å². The number of hydrogen-bond acceptors (Lipinski definition) is 2. The van der Waals surface area contributed by atoms with Crippen LogP contribution in [0.1, 0.15) is 25.3 Å². The average molecular weight is 267 g/mol. The molecular weight excluding hydrogens is 248 g/mol. The number of likely N-dealkylation sites (tertiary alicyclic amines) is 1. The van der Waals surface area contributed by atoms with Gasteiger partial charge in [0.05, 0.1) is 0 Å². The highest BCUT2D eigenvalue weighted by molar-refractivity contribution is 6.31. The molecule has 3 nitrogen and oxygen atoms in total. The quantitative estimate of drug-likeness (QED) is 0.912. The van der Waals surface area contributed by atoms with E-state index in [4.69, 9.17) is 11.6 Å². The number of nitrogens with zero attached hydrogens (tertiary/aromatic N) is 1. The molecule has 0 spiro atoms. The second kappa shape index (κ2) is 5.61. The first-order valence-corrected chi connectivity index (χ1v) is 6.77. The molecule has 1 saturated heterocycles. The summed E-state index contributed by atoms with van der Waals surface area (Å²) in [5.41, 5.74) is 1.94. The first kappa shape index (κ1) is 13.2. The lowest BCUT2D eigenvalue weighted by Gasteiger charge is -2.22. The number of carbonyl (C=O) groups is 1. The maximum Gasteiger partial charge on any atom is 0.244 e. The summed E-state index contributed by atoms with van der Waals surface area (Å²) in [7, 11) is 0. The minimum Gasteiger partial charge on any atom is -0.374 e. The number of anilines is 1. The maximum absolute atomic E-state index is 12.1. The number of rotatable bonds is 3. The van der Waals surface area contributed by atoms with E-state index in [0.29, 0.717) is 0 Å². The van der Waals surface area contributed by atoms with Crippen molar-refractivity contribution in [1.29, 1.82) is 0 Å². The number of benzene rings is 1. The van der Waals surface area contributed by atoms with E-state index in [1.54, 1.807) is 0 Å². The van der Waals surface area contributed by atoms with Crippen molar-refractivity contribution in [3.8, 4) is 0 Å². The smallest absolute Gasteiger partial charge is 0.244 e. The lowest BCUT2D eigenvalue weighted by Crippen LogP contribution is -2.39. The van der Waals surface area contributed by atoms with Gasteiger partial charge in [-0.25, -0.2) is 0 Å². The first-order valence-electron chi connectivity index (χ1n) is 6.39. The minimum atomic E-state index is -0.207. The second-order valence-electron chi connectivity index (χ2n) is 4.86. The molecule has 0 radical (unpaired) electrons. The Labute approximate surface area is 113 Å². The van der Waals surface area contributed by atoms with E-state index in [-0.39, 0.29) is 11.9 Å². The third kappa shape index (κ3) is 2.96. The van der Waals surface area contributed by atoms with Gasteiger partial charge in [-0.15, -0.1) is 0 Å². The van der Waals surface area contributed by atoms with Gasteiger partial charge in [0.2, 0.25) is 5.91 Å². The highest BCUT2D eigenvalue weighted by Gasteiger charge is 2.22. The van der Waals surface area contributed by atoms with Crippen LogP contribution in [0.4, 0.5) is 5.69 Å². The first-order chi connectivity index (χ1) is 8.58. The molecular formula is C14H19ClN2O. The fraction of sp³-hybridized carbons (Fsp3) is 0.500. The van der Waals surface area contributed by atoms with Crippen LogP contribution in [-0.2, 0) is 4.79 Å². The molecule has 1 unspecified atom stereocenters. The molecule has 1 aromatic rings. The number of halogens is 1. The van der Waals surface area contributed by atoms with Crippen molar-refractivity contribution in [2.75, 3.05) is 18.4 Å². The Bertz CT molecular complexity index is 441. The zero-order chi connectivity index (χ0) is 13.1. The molecule has 1 amide bonds. The van der Waals surface area contributed by atoms with Gasteiger partial charge in [-0.3, -0.25) is 4.79 Å². The highest BCUT2D eigenvalue weighted by Crippen LogP contribution is 2.21. The van der Waals surface area contributed by atoms with Crippen molar-refractivity contribution in [3.05, 3.63) is 28.8 Å². The molecule has 0 bridgehead atoms. The molecule has 0 aromatic heterocycles. The van der Waals surface area contributed by atoms with Crippen molar-refractivity contribution in [2.24, 2.45) is 0 Å². The predicted octanol–water partition coefficient (Wildman–Crippen LogP) is 3.07. The van der Waals surface area contributed by atoms with Crippen molar-refractivity contribution in [2.45, 2.75) is 32.7 Å². The number of hydrogen-bond donors (Lipinski definition) is 1. The van der Waals surface area contributed by atoms with Crippen LogP contribution in [-0.4, -0.2) is 29.9 Å². The summed E-state index contributed by atoms with van der Waals surface area (Å²) in [5.74, 6) is 0.171. The topological polar surface area (TPSA) is 32.3 Å². The molecule has 4 heteroatoms. The molecule has 1 atom stereocenters. The van der Waals surface area contributed by atoms with Gasteiger partial charge in [0.1, 0.15) is 6.04 Å². The van der Waals surface area contributed by atoms with E-state index in [2.05, 4.69) is 5.32 Å². The van der Waals surface area contributed by atoms with Gasteiger partial charge >= 0.3 is 0 Å². The van der Waals surface area contributed by atoms with Gasteiger partial charge in [-0.2, -0.15) is 0 Å². The van der Waals surface area contributed by atoms with Crippen LogP contribution in [0.15, 0.2) is 18.2 Å². The zero-order valence-electron chi connectivity index (χ0n) is 10.9. The molecule has 18 heavy (non-hydrogen) atoms. The predicted molar refractivity (Wildman–Crippen MR) is 75.1 cm³/mol. The Hall–Kier alpha value is -1.22. The summed E-state index contributed by atoms with van der Waals surface area (Å²) >= 11 is 6.07. The summed E-state index contributed by atoms with van der Waals surface area (Å²) in [6, 6.07) is 5.57. The molecule has 98 valence electrons. The fourth-order valence-electron chi connectivity index (χ4n) is 2.21.